The standard InChI is InChI=1S/C11H19N3O2S/c1-17(2,3)5-4-16-9-14-11(7-12)6-10(8-15)13-14/h6,15H,4-5,8-9H2,1-3H3. The second-order valence-electron chi connectivity index (χ2n) is 4.62. The van der Waals surface area contributed by atoms with Crippen molar-refractivity contribution in [3.8, 4) is 6.07 Å². The van der Waals surface area contributed by atoms with Crippen LogP contribution < -0.4 is 0 Å². The Morgan fingerprint density at radius 1 is 1.53 bits per heavy atom. The highest BCUT2D eigenvalue weighted by molar-refractivity contribution is 8.32. The van der Waals surface area contributed by atoms with Crippen LogP contribution in [0, 0.1) is 11.3 Å². The number of hydrogen-bond donors (Lipinski definition) is 1. The maximum absolute atomic E-state index is 8.93. The first-order chi connectivity index (χ1) is 7.96. The molecule has 6 heteroatoms. The maximum atomic E-state index is 8.93. The van der Waals surface area contributed by atoms with E-state index >= 15 is 0 Å². The predicted octanol–water partition coefficient (Wildman–Crippen LogP) is 0.915. The monoisotopic (exact) mass is 257 g/mol. The van der Waals surface area contributed by atoms with E-state index in [2.05, 4.69) is 23.9 Å². The molecule has 1 aromatic rings. The van der Waals surface area contributed by atoms with Gasteiger partial charge in [-0.3, -0.25) is 0 Å². The summed E-state index contributed by atoms with van der Waals surface area (Å²) < 4.78 is 6.96. The molecule has 0 saturated heterocycles. The first-order valence-corrected chi connectivity index (χ1v) is 8.30. The van der Waals surface area contributed by atoms with Crippen molar-refractivity contribution in [2.24, 2.45) is 0 Å². The highest BCUT2D eigenvalue weighted by Crippen LogP contribution is 2.33. The van der Waals surface area contributed by atoms with Gasteiger partial charge in [-0.2, -0.15) is 10.4 Å². The minimum absolute atomic E-state index is 0.159. The molecule has 1 heterocycles. The van der Waals surface area contributed by atoms with Gasteiger partial charge >= 0.3 is 0 Å². The summed E-state index contributed by atoms with van der Waals surface area (Å²) in [7, 11) is -0.553. The highest BCUT2D eigenvalue weighted by atomic mass is 32.3. The fourth-order valence-electron chi connectivity index (χ4n) is 1.20. The summed E-state index contributed by atoms with van der Waals surface area (Å²) in [4.78, 5) is 0. The minimum Gasteiger partial charge on any atom is -0.390 e. The van der Waals surface area contributed by atoms with Gasteiger partial charge in [0.1, 0.15) is 18.5 Å². The lowest BCUT2D eigenvalue weighted by Gasteiger charge is -2.24. The predicted molar refractivity (Wildman–Crippen MR) is 69.0 cm³/mol. The lowest BCUT2D eigenvalue weighted by atomic mass is 10.4. The van der Waals surface area contributed by atoms with Gasteiger partial charge in [0.05, 0.1) is 18.9 Å². The van der Waals surface area contributed by atoms with E-state index in [1.165, 1.54) is 4.68 Å². The molecule has 0 atom stereocenters. The smallest absolute Gasteiger partial charge is 0.141 e. The fraction of sp³-hybridized carbons (Fsp3) is 0.636. The summed E-state index contributed by atoms with van der Waals surface area (Å²) in [6.07, 6.45) is 6.69. The van der Waals surface area contributed by atoms with Crippen molar-refractivity contribution in [3.05, 3.63) is 17.5 Å². The van der Waals surface area contributed by atoms with Crippen molar-refractivity contribution >= 4 is 10.0 Å². The quantitative estimate of drug-likeness (QED) is 0.769. The zero-order chi connectivity index (χ0) is 12.9. The van der Waals surface area contributed by atoms with Crippen LogP contribution in [0.1, 0.15) is 11.4 Å². The Balaban J connectivity index is 2.46. The maximum Gasteiger partial charge on any atom is 0.141 e. The molecule has 0 aliphatic rings. The van der Waals surface area contributed by atoms with Crippen LogP contribution in [0.4, 0.5) is 0 Å². The van der Waals surface area contributed by atoms with E-state index in [1.807, 2.05) is 6.07 Å². The van der Waals surface area contributed by atoms with Gasteiger partial charge in [0.25, 0.3) is 0 Å². The number of aromatic nitrogens is 2. The second-order valence-corrected chi connectivity index (χ2v) is 9.21. The van der Waals surface area contributed by atoms with E-state index in [4.69, 9.17) is 15.1 Å². The van der Waals surface area contributed by atoms with Gasteiger partial charge in [-0.1, -0.05) is 0 Å². The average Bonchev–Trinajstić information content (AvgIpc) is 2.65. The summed E-state index contributed by atoms with van der Waals surface area (Å²) in [6, 6.07) is 3.59. The number of rotatable bonds is 6. The molecule has 1 rings (SSSR count). The van der Waals surface area contributed by atoms with Crippen LogP contribution in [-0.4, -0.2) is 46.0 Å². The Hall–Kier alpha value is -1.03. The molecule has 96 valence electrons. The number of nitriles is 1. The Bertz CT molecular complexity index is 404. The van der Waals surface area contributed by atoms with E-state index in [9.17, 15) is 0 Å². The van der Waals surface area contributed by atoms with E-state index < -0.39 is 10.0 Å². The fourth-order valence-corrected chi connectivity index (χ4v) is 1.81. The van der Waals surface area contributed by atoms with Crippen LogP contribution in [0.25, 0.3) is 0 Å². The van der Waals surface area contributed by atoms with Crippen LogP contribution in [0.2, 0.25) is 0 Å². The van der Waals surface area contributed by atoms with E-state index in [0.717, 1.165) is 5.75 Å². The van der Waals surface area contributed by atoms with E-state index in [-0.39, 0.29) is 13.3 Å². The third-order valence-corrected chi connectivity index (χ3v) is 3.55. The first-order valence-electron chi connectivity index (χ1n) is 5.27. The largest absolute Gasteiger partial charge is 0.390 e. The van der Waals surface area contributed by atoms with Gasteiger partial charge < -0.3 is 9.84 Å². The molecule has 0 unspecified atom stereocenters. The van der Waals surface area contributed by atoms with Crippen LogP contribution in [-0.2, 0) is 18.1 Å². The zero-order valence-corrected chi connectivity index (χ0v) is 11.3. The van der Waals surface area contributed by atoms with Gasteiger partial charge in [-0.15, -0.1) is 0 Å². The Morgan fingerprint density at radius 3 is 2.76 bits per heavy atom. The number of aliphatic hydroxyl groups is 1. The molecule has 17 heavy (non-hydrogen) atoms. The summed E-state index contributed by atoms with van der Waals surface area (Å²) in [6.45, 7) is 0.768. The van der Waals surface area contributed by atoms with E-state index in [0.29, 0.717) is 18.0 Å². The Labute approximate surface area is 103 Å². The van der Waals surface area contributed by atoms with Crippen molar-refractivity contribution in [1.29, 1.82) is 5.26 Å². The van der Waals surface area contributed by atoms with Gasteiger partial charge in [0, 0.05) is 5.75 Å². The number of ether oxygens (including phenoxy) is 1. The molecule has 5 nitrogen and oxygen atoms in total. The minimum atomic E-state index is -0.553. The highest BCUT2D eigenvalue weighted by Gasteiger charge is 2.07. The number of hydrogen-bond acceptors (Lipinski definition) is 4. The summed E-state index contributed by atoms with van der Waals surface area (Å²) in [5.41, 5.74) is 0.906. The van der Waals surface area contributed by atoms with E-state index in [1.54, 1.807) is 6.07 Å². The lowest BCUT2D eigenvalue weighted by Crippen LogP contribution is -2.12. The zero-order valence-electron chi connectivity index (χ0n) is 10.5. The van der Waals surface area contributed by atoms with Crippen LogP contribution in [0.15, 0.2) is 6.07 Å². The molecule has 0 radical (unpaired) electrons. The molecule has 0 bridgehead atoms. The van der Waals surface area contributed by atoms with Crippen LogP contribution >= 0.6 is 10.0 Å². The number of aliphatic hydroxyl groups excluding tert-OH is 1. The molecule has 0 aliphatic carbocycles. The second kappa shape index (κ2) is 6.05. The molecular formula is C11H19N3O2S. The van der Waals surface area contributed by atoms with Crippen molar-refractivity contribution in [2.75, 3.05) is 31.1 Å². The summed E-state index contributed by atoms with van der Waals surface area (Å²) >= 11 is 0. The van der Waals surface area contributed by atoms with Crippen LogP contribution in [0.5, 0.6) is 0 Å². The molecular weight excluding hydrogens is 238 g/mol. The van der Waals surface area contributed by atoms with Crippen molar-refractivity contribution < 1.29 is 9.84 Å². The third-order valence-electron chi connectivity index (χ3n) is 2.16. The number of nitrogens with zero attached hydrogens (tertiary/aromatic N) is 3. The van der Waals surface area contributed by atoms with Crippen LogP contribution in [0.3, 0.4) is 0 Å². The molecule has 0 fully saturated rings. The molecule has 1 N–H and O–H groups in total. The first kappa shape index (κ1) is 14.0. The SMILES string of the molecule is CS(C)(C)CCOCn1nc(CO)cc1C#N. The van der Waals surface area contributed by atoms with Crippen molar-refractivity contribution in [1.82, 2.24) is 9.78 Å². The summed E-state index contributed by atoms with van der Waals surface area (Å²) in [5.74, 6) is 1.03. The molecule has 0 saturated carbocycles. The molecule has 0 aliphatic heterocycles. The Morgan fingerprint density at radius 2 is 2.24 bits per heavy atom. The molecule has 0 aromatic carbocycles. The Kier molecular flexibility index (Phi) is 5.00. The van der Waals surface area contributed by atoms with Gasteiger partial charge in [-0.25, -0.2) is 14.7 Å². The van der Waals surface area contributed by atoms with Gasteiger partial charge in [0.15, 0.2) is 0 Å². The normalized spacial score (nSPS) is 12.4. The third kappa shape index (κ3) is 4.77. The lowest BCUT2D eigenvalue weighted by molar-refractivity contribution is 0.0795. The van der Waals surface area contributed by atoms with Crippen molar-refractivity contribution in [3.63, 3.8) is 0 Å². The molecule has 0 amide bonds. The average molecular weight is 257 g/mol. The van der Waals surface area contributed by atoms with Crippen molar-refractivity contribution in [2.45, 2.75) is 13.3 Å². The van der Waals surface area contributed by atoms with Gasteiger partial charge in [0.2, 0.25) is 0 Å². The molecule has 0 spiro atoms. The molecule has 1 aromatic heterocycles. The topological polar surface area (TPSA) is 71.1 Å². The summed E-state index contributed by atoms with van der Waals surface area (Å²) in [5, 5.41) is 21.9. The van der Waals surface area contributed by atoms with Gasteiger partial charge in [-0.05, 0) is 24.8 Å².